The summed E-state index contributed by atoms with van der Waals surface area (Å²) in [6, 6.07) is 5.35. The molecule has 0 bridgehead atoms. The smallest absolute Gasteiger partial charge is 0.251 e. The van der Waals surface area contributed by atoms with Crippen LogP contribution in [0.4, 0.5) is 4.39 Å². The van der Waals surface area contributed by atoms with Gasteiger partial charge in [0.25, 0.3) is 5.91 Å². The van der Waals surface area contributed by atoms with Crippen LogP contribution in [0.25, 0.3) is 0 Å². The summed E-state index contributed by atoms with van der Waals surface area (Å²) in [6.07, 6.45) is 0.822. The molecule has 3 rings (SSSR count). The largest absolute Gasteiger partial charge is 0.473 e. The molecule has 2 aliphatic rings. The van der Waals surface area contributed by atoms with Gasteiger partial charge in [-0.25, -0.2) is 9.38 Å². The van der Waals surface area contributed by atoms with Gasteiger partial charge in [0.05, 0.1) is 13.2 Å². The van der Waals surface area contributed by atoms with Crippen LogP contribution in [0.5, 0.6) is 0 Å². The van der Waals surface area contributed by atoms with E-state index < -0.39 is 12.1 Å². The van der Waals surface area contributed by atoms with Gasteiger partial charge < -0.3 is 14.4 Å². The van der Waals surface area contributed by atoms with Crippen LogP contribution in [0.2, 0.25) is 0 Å². The fraction of sp³-hybridized carbons (Fsp3) is 0.429. The fourth-order valence-corrected chi connectivity index (χ4v) is 2.40. The molecule has 0 saturated carbocycles. The summed E-state index contributed by atoms with van der Waals surface area (Å²) < 4.78 is 23.6. The Balaban J connectivity index is 1.75. The third-order valence-electron chi connectivity index (χ3n) is 3.49. The summed E-state index contributed by atoms with van der Waals surface area (Å²) >= 11 is 0. The molecule has 5 nitrogen and oxygen atoms in total. The predicted octanol–water partition coefficient (Wildman–Crippen LogP) is 1.15. The van der Waals surface area contributed by atoms with E-state index in [1.165, 1.54) is 18.5 Å². The Bertz CT molecular complexity index is 512. The highest BCUT2D eigenvalue weighted by molar-refractivity contribution is 5.85. The zero-order chi connectivity index (χ0) is 13.9. The van der Waals surface area contributed by atoms with Crippen molar-refractivity contribution in [3.63, 3.8) is 0 Å². The fourth-order valence-electron chi connectivity index (χ4n) is 2.40. The maximum atomic E-state index is 13.0. The van der Waals surface area contributed by atoms with Gasteiger partial charge in [-0.1, -0.05) is 12.1 Å². The van der Waals surface area contributed by atoms with Gasteiger partial charge in [0.2, 0.25) is 0 Å². The second-order valence-electron chi connectivity index (χ2n) is 4.75. The van der Waals surface area contributed by atoms with Gasteiger partial charge in [-0.2, -0.15) is 0 Å². The van der Waals surface area contributed by atoms with Crippen LogP contribution in [0.15, 0.2) is 29.3 Å². The molecule has 2 unspecified atom stereocenters. The number of benzene rings is 1. The quantitative estimate of drug-likeness (QED) is 0.815. The van der Waals surface area contributed by atoms with Crippen LogP contribution in [-0.4, -0.2) is 49.6 Å². The lowest BCUT2D eigenvalue weighted by atomic mass is 10.0. The Labute approximate surface area is 116 Å². The summed E-state index contributed by atoms with van der Waals surface area (Å²) in [6.45, 7) is 2.23. The highest BCUT2D eigenvalue weighted by atomic mass is 19.1. The molecule has 1 saturated heterocycles. The van der Waals surface area contributed by atoms with Crippen molar-refractivity contribution in [3.8, 4) is 0 Å². The lowest BCUT2D eigenvalue weighted by molar-refractivity contribution is -0.138. The molecule has 1 aromatic carbocycles. The molecule has 0 aromatic heterocycles. The van der Waals surface area contributed by atoms with Gasteiger partial charge in [-0.05, 0) is 17.7 Å². The average molecular weight is 278 g/mol. The average Bonchev–Trinajstić information content (AvgIpc) is 2.97. The Morgan fingerprint density at radius 3 is 2.65 bits per heavy atom. The molecule has 0 spiro atoms. The van der Waals surface area contributed by atoms with Gasteiger partial charge in [-0.15, -0.1) is 0 Å². The van der Waals surface area contributed by atoms with Gasteiger partial charge >= 0.3 is 0 Å². The Morgan fingerprint density at radius 2 is 1.95 bits per heavy atom. The van der Waals surface area contributed by atoms with Gasteiger partial charge in [-0.3, -0.25) is 4.79 Å². The van der Waals surface area contributed by atoms with Crippen LogP contribution >= 0.6 is 0 Å². The van der Waals surface area contributed by atoms with Crippen molar-refractivity contribution in [2.45, 2.75) is 12.1 Å². The van der Waals surface area contributed by atoms with Gasteiger partial charge in [0, 0.05) is 13.1 Å². The minimum absolute atomic E-state index is 0.0728. The molecule has 1 fully saturated rings. The number of aliphatic imine (C=N–C) groups is 1. The molecule has 1 aromatic rings. The van der Waals surface area contributed by atoms with E-state index in [-0.39, 0.29) is 11.7 Å². The molecular weight excluding hydrogens is 263 g/mol. The van der Waals surface area contributed by atoms with E-state index in [2.05, 4.69) is 4.99 Å². The van der Waals surface area contributed by atoms with E-state index in [9.17, 15) is 9.18 Å². The third kappa shape index (κ3) is 2.51. The molecule has 6 heteroatoms. The lowest BCUT2D eigenvalue weighted by Gasteiger charge is -2.29. The first kappa shape index (κ1) is 13.1. The maximum Gasteiger partial charge on any atom is 0.251 e. The van der Waals surface area contributed by atoms with Crippen molar-refractivity contribution in [1.29, 1.82) is 0 Å². The SMILES string of the molecule is O=C(C1N=COC1c1ccc(F)cc1)N1CCOCC1. The number of carbonyl (C=O) groups is 1. The minimum atomic E-state index is -0.599. The van der Waals surface area contributed by atoms with Crippen LogP contribution < -0.4 is 0 Å². The van der Waals surface area contributed by atoms with Crippen molar-refractivity contribution < 1.29 is 18.7 Å². The Hall–Kier alpha value is -1.95. The predicted molar refractivity (Wildman–Crippen MR) is 69.9 cm³/mol. The van der Waals surface area contributed by atoms with E-state index in [1.807, 2.05) is 0 Å². The Kier molecular flexibility index (Phi) is 3.64. The topological polar surface area (TPSA) is 51.1 Å². The zero-order valence-corrected chi connectivity index (χ0v) is 10.9. The van der Waals surface area contributed by atoms with Crippen molar-refractivity contribution in [1.82, 2.24) is 4.90 Å². The molecule has 0 N–H and O–H groups in total. The molecule has 1 amide bonds. The number of hydrogen-bond acceptors (Lipinski definition) is 4. The van der Waals surface area contributed by atoms with Crippen LogP contribution in [-0.2, 0) is 14.3 Å². The number of morpholine rings is 1. The number of hydrogen-bond donors (Lipinski definition) is 0. The monoisotopic (exact) mass is 278 g/mol. The van der Waals surface area contributed by atoms with Crippen molar-refractivity contribution in [3.05, 3.63) is 35.6 Å². The number of ether oxygens (including phenoxy) is 2. The number of halogens is 1. The van der Waals surface area contributed by atoms with E-state index in [1.54, 1.807) is 17.0 Å². The summed E-state index contributed by atoms with van der Waals surface area (Å²) in [5.74, 6) is -0.389. The molecule has 2 aliphatic heterocycles. The zero-order valence-electron chi connectivity index (χ0n) is 10.9. The first-order valence-corrected chi connectivity index (χ1v) is 6.55. The molecule has 20 heavy (non-hydrogen) atoms. The van der Waals surface area contributed by atoms with E-state index in [4.69, 9.17) is 9.47 Å². The van der Waals surface area contributed by atoms with Crippen molar-refractivity contribution in [2.75, 3.05) is 26.3 Å². The highest BCUT2D eigenvalue weighted by Gasteiger charge is 2.37. The normalized spacial score (nSPS) is 25.6. The number of amides is 1. The van der Waals surface area contributed by atoms with Crippen LogP contribution in [0.1, 0.15) is 11.7 Å². The maximum absolute atomic E-state index is 13.0. The number of carbonyl (C=O) groups excluding carboxylic acids is 1. The first-order valence-electron chi connectivity index (χ1n) is 6.55. The summed E-state index contributed by atoms with van der Waals surface area (Å²) in [5.41, 5.74) is 0.746. The number of nitrogens with zero attached hydrogens (tertiary/aromatic N) is 2. The molecule has 2 heterocycles. The van der Waals surface area contributed by atoms with E-state index >= 15 is 0 Å². The molecular formula is C14H15FN2O3. The summed E-state index contributed by atoms with van der Waals surface area (Å²) in [5, 5.41) is 0. The molecule has 0 radical (unpaired) electrons. The van der Waals surface area contributed by atoms with Gasteiger partial charge in [0.15, 0.2) is 18.5 Å². The van der Waals surface area contributed by atoms with E-state index in [0.717, 1.165) is 5.56 Å². The minimum Gasteiger partial charge on any atom is -0.473 e. The second-order valence-corrected chi connectivity index (χ2v) is 4.75. The number of rotatable bonds is 2. The van der Waals surface area contributed by atoms with Crippen molar-refractivity contribution >= 4 is 12.3 Å². The second kappa shape index (κ2) is 5.58. The molecule has 106 valence electrons. The summed E-state index contributed by atoms with van der Waals surface area (Å²) in [4.78, 5) is 18.3. The van der Waals surface area contributed by atoms with Gasteiger partial charge in [0.1, 0.15) is 5.82 Å². The van der Waals surface area contributed by atoms with E-state index in [0.29, 0.717) is 26.3 Å². The van der Waals surface area contributed by atoms with Crippen LogP contribution in [0, 0.1) is 5.82 Å². The molecule has 2 atom stereocenters. The lowest BCUT2D eigenvalue weighted by Crippen LogP contribution is -2.46. The summed E-state index contributed by atoms with van der Waals surface area (Å²) in [7, 11) is 0. The highest BCUT2D eigenvalue weighted by Crippen LogP contribution is 2.28. The van der Waals surface area contributed by atoms with Crippen LogP contribution in [0.3, 0.4) is 0 Å². The van der Waals surface area contributed by atoms with Crippen molar-refractivity contribution in [2.24, 2.45) is 4.99 Å². The first-order chi connectivity index (χ1) is 9.75. The standard InChI is InChI=1S/C14H15FN2O3/c15-11-3-1-10(2-4-11)13-12(16-9-20-13)14(18)17-5-7-19-8-6-17/h1-4,9,12-13H,5-8H2. The third-order valence-corrected chi connectivity index (χ3v) is 3.49. The Morgan fingerprint density at radius 1 is 1.25 bits per heavy atom. The molecule has 0 aliphatic carbocycles.